The Kier molecular flexibility index (Phi) is 5.63. The summed E-state index contributed by atoms with van der Waals surface area (Å²) in [4.78, 5) is 0. The van der Waals surface area contributed by atoms with Crippen LogP contribution in [0.25, 0.3) is 0 Å². The highest BCUT2D eigenvalue weighted by Gasteiger charge is 2.27. The first-order valence-electron chi connectivity index (χ1n) is 6.90. The van der Waals surface area contributed by atoms with Crippen LogP contribution in [0.5, 0.6) is 11.5 Å². The zero-order chi connectivity index (χ0) is 15.3. The van der Waals surface area contributed by atoms with Crippen molar-refractivity contribution in [3.63, 3.8) is 0 Å². The molecule has 1 rings (SSSR count). The molecule has 0 saturated carbocycles. The van der Waals surface area contributed by atoms with Gasteiger partial charge in [-0.15, -0.1) is 0 Å². The predicted octanol–water partition coefficient (Wildman–Crippen LogP) is 3.97. The maximum atomic E-state index is 10.8. The van der Waals surface area contributed by atoms with Crippen molar-refractivity contribution in [1.29, 1.82) is 0 Å². The molecule has 3 heteroatoms. The quantitative estimate of drug-likeness (QED) is 0.800. The minimum absolute atomic E-state index is 0.640. The van der Waals surface area contributed by atoms with E-state index in [0.29, 0.717) is 12.2 Å². The Bertz CT molecular complexity index is 483. The summed E-state index contributed by atoms with van der Waals surface area (Å²) in [6.45, 7) is 7.90. The normalized spacial score (nSPS) is 13.6. The lowest BCUT2D eigenvalue weighted by Gasteiger charge is -2.26. The van der Waals surface area contributed by atoms with Crippen molar-refractivity contribution in [2.45, 2.75) is 46.1 Å². The molecule has 0 amide bonds. The Morgan fingerprint density at radius 2 is 1.80 bits per heavy atom. The molecule has 0 aliphatic rings. The molecule has 1 aromatic rings. The molecular formula is C17H26O3. The van der Waals surface area contributed by atoms with Gasteiger partial charge in [-0.25, -0.2) is 0 Å². The van der Waals surface area contributed by atoms with Crippen molar-refractivity contribution in [1.82, 2.24) is 0 Å². The van der Waals surface area contributed by atoms with E-state index in [4.69, 9.17) is 9.47 Å². The van der Waals surface area contributed by atoms with Crippen LogP contribution >= 0.6 is 0 Å². The topological polar surface area (TPSA) is 38.7 Å². The monoisotopic (exact) mass is 278 g/mol. The third-order valence-corrected chi connectivity index (χ3v) is 3.48. The van der Waals surface area contributed by atoms with Crippen LogP contribution in [0.4, 0.5) is 0 Å². The second kappa shape index (κ2) is 6.80. The number of ether oxygens (including phenoxy) is 2. The van der Waals surface area contributed by atoms with Gasteiger partial charge >= 0.3 is 0 Å². The summed E-state index contributed by atoms with van der Waals surface area (Å²) in [7, 11) is 3.26. The molecule has 1 unspecified atom stereocenters. The molecule has 20 heavy (non-hydrogen) atoms. The molecular weight excluding hydrogens is 252 g/mol. The lowest BCUT2D eigenvalue weighted by atomic mass is 9.89. The van der Waals surface area contributed by atoms with Crippen LogP contribution < -0.4 is 9.47 Å². The molecule has 1 N–H and O–H groups in total. The second-order valence-electron chi connectivity index (χ2n) is 5.62. The summed E-state index contributed by atoms with van der Waals surface area (Å²) in [5, 5.41) is 10.8. The van der Waals surface area contributed by atoms with Crippen molar-refractivity contribution in [2.75, 3.05) is 14.2 Å². The van der Waals surface area contributed by atoms with Gasteiger partial charge in [0.25, 0.3) is 0 Å². The van der Waals surface area contributed by atoms with E-state index in [1.54, 1.807) is 14.2 Å². The van der Waals surface area contributed by atoms with E-state index in [0.717, 1.165) is 23.3 Å². The van der Waals surface area contributed by atoms with Gasteiger partial charge in [-0.1, -0.05) is 11.6 Å². The van der Waals surface area contributed by atoms with Gasteiger partial charge in [0.15, 0.2) is 0 Å². The van der Waals surface area contributed by atoms with Crippen molar-refractivity contribution in [3.05, 3.63) is 34.9 Å². The summed E-state index contributed by atoms with van der Waals surface area (Å²) in [5.41, 5.74) is 2.07. The molecule has 0 aromatic heterocycles. The highest BCUT2D eigenvalue weighted by Crippen LogP contribution is 2.37. The molecule has 0 aliphatic heterocycles. The molecule has 0 saturated heterocycles. The van der Waals surface area contributed by atoms with Crippen LogP contribution in [-0.2, 0) is 5.60 Å². The smallest absolute Gasteiger partial charge is 0.125 e. The fourth-order valence-electron chi connectivity index (χ4n) is 2.25. The first kappa shape index (κ1) is 16.6. The SMILES string of the molecule is COc1cc(C(C)(O)CCC=C(C)C)c(OC)cc1C. The fraction of sp³-hybridized carbons (Fsp3) is 0.529. The molecule has 0 spiro atoms. The number of hydrogen-bond acceptors (Lipinski definition) is 3. The van der Waals surface area contributed by atoms with Crippen molar-refractivity contribution < 1.29 is 14.6 Å². The molecule has 112 valence electrons. The third-order valence-electron chi connectivity index (χ3n) is 3.48. The highest BCUT2D eigenvalue weighted by molar-refractivity contribution is 5.48. The van der Waals surface area contributed by atoms with Gasteiger partial charge in [-0.2, -0.15) is 0 Å². The Hall–Kier alpha value is -1.48. The van der Waals surface area contributed by atoms with Crippen LogP contribution in [-0.4, -0.2) is 19.3 Å². The second-order valence-corrected chi connectivity index (χ2v) is 5.62. The van der Waals surface area contributed by atoms with Crippen LogP contribution in [0.1, 0.15) is 44.7 Å². The van der Waals surface area contributed by atoms with Crippen LogP contribution in [0.3, 0.4) is 0 Å². The van der Waals surface area contributed by atoms with E-state index in [-0.39, 0.29) is 0 Å². The molecule has 0 heterocycles. The average Bonchev–Trinajstić information content (AvgIpc) is 2.37. The van der Waals surface area contributed by atoms with Gasteiger partial charge in [0.05, 0.1) is 19.8 Å². The number of hydrogen-bond donors (Lipinski definition) is 1. The number of aliphatic hydroxyl groups is 1. The zero-order valence-electron chi connectivity index (χ0n) is 13.4. The van der Waals surface area contributed by atoms with Crippen LogP contribution in [0.2, 0.25) is 0 Å². The third kappa shape index (κ3) is 4.01. The van der Waals surface area contributed by atoms with Gasteiger partial charge in [-0.3, -0.25) is 0 Å². The van der Waals surface area contributed by atoms with E-state index < -0.39 is 5.60 Å². The number of aryl methyl sites for hydroxylation is 1. The molecule has 1 aromatic carbocycles. The lowest BCUT2D eigenvalue weighted by Crippen LogP contribution is -2.22. The van der Waals surface area contributed by atoms with Gasteiger partial charge < -0.3 is 14.6 Å². The summed E-state index contributed by atoms with van der Waals surface area (Å²) < 4.78 is 10.8. The van der Waals surface area contributed by atoms with E-state index in [1.165, 1.54) is 5.57 Å². The maximum Gasteiger partial charge on any atom is 0.125 e. The molecule has 0 radical (unpaired) electrons. The van der Waals surface area contributed by atoms with Gasteiger partial charge in [0.2, 0.25) is 0 Å². The van der Waals surface area contributed by atoms with E-state index >= 15 is 0 Å². The van der Waals surface area contributed by atoms with Crippen LogP contribution in [0.15, 0.2) is 23.8 Å². The van der Waals surface area contributed by atoms with E-state index in [2.05, 4.69) is 19.9 Å². The Balaban J connectivity index is 3.11. The molecule has 1 atom stereocenters. The Morgan fingerprint density at radius 1 is 1.20 bits per heavy atom. The van der Waals surface area contributed by atoms with Crippen molar-refractivity contribution in [3.8, 4) is 11.5 Å². The van der Waals surface area contributed by atoms with Gasteiger partial charge in [0, 0.05) is 5.56 Å². The number of methoxy groups -OCH3 is 2. The number of rotatable bonds is 6. The minimum atomic E-state index is -0.946. The molecule has 0 aliphatic carbocycles. The summed E-state index contributed by atoms with van der Waals surface area (Å²) >= 11 is 0. The summed E-state index contributed by atoms with van der Waals surface area (Å²) in [6, 6.07) is 3.78. The first-order chi connectivity index (χ1) is 9.31. The van der Waals surface area contributed by atoms with Gasteiger partial charge in [-0.05, 0) is 58.2 Å². The largest absolute Gasteiger partial charge is 0.496 e. The average molecular weight is 278 g/mol. The molecule has 0 bridgehead atoms. The van der Waals surface area contributed by atoms with Crippen LogP contribution in [0, 0.1) is 6.92 Å². The maximum absolute atomic E-state index is 10.8. The van der Waals surface area contributed by atoms with Gasteiger partial charge in [0.1, 0.15) is 11.5 Å². The number of benzene rings is 1. The van der Waals surface area contributed by atoms with E-state index in [1.807, 2.05) is 26.0 Å². The zero-order valence-corrected chi connectivity index (χ0v) is 13.4. The number of allylic oxidation sites excluding steroid dienone is 2. The Morgan fingerprint density at radius 3 is 2.30 bits per heavy atom. The summed E-state index contributed by atoms with van der Waals surface area (Å²) in [6.07, 6.45) is 3.60. The summed E-state index contributed by atoms with van der Waals surface area (Å²) in [5.74, 6) is 1.47. The minimum Gasteiger partial charge on any atom is -0.496 e. The van der Waals surface area contributed by atoms with Crippen molar-refractivity contribution in [2.24, 2.45) is 0 Å². The first-order valence-corrected chi connectivity index (χ1v) is 6.90. The molecule has 3 nitrogen and oxygen atoms in total. The molecule has 0 fully saturated rings. The lowest BCUT2D eigenvalue weighted by molar-refractivity contribution is 0.0459. The van der Waals surface area contributed by atoms with Crippen molar-refractivity contribution >= 4 is 0 Å². The Labute approximate surface area is 122 Å². The highest BCUT2D eigenvalue weighted by atomic mass is 16.5. The fourth-order valence-corrected chi connectivity index (χ4v) is 2.25. The predicted molar refractivity (Wildman–Crippen MR) is 82.5 cm³/mol. The standard InChI is InChI=1S/C17H26O3/c1-12(2)8-7-9-17(4,18)14-11-15(19-5)13(3)10-16(14)20-6/h8,10-11,18H,7,9H2,1-6H3. The van der Waals surface area contributed by atoms with E-state index in [9.17, 15) is 5.11 Å².